The summed E-state index contributed by atoms with van der Waals surface area (Å²) in [6.07, 6.45) is 1.94. The highest BCUT2D eigenvalue weighted by atomic mass is 16.5. The molecule has 3 aliphatic heterocycles. The van der Waals surface area contributed by atoms with Gasteiger partial charge in [0.2, 0.25) is 0 Å². The molecule has 1 aromatic rings. The Balaban J connectivity index is 1.45. The monoisotopic (exact) mass is 341 g/mol. The number of carbonyl (C=O) groups excluding carboxylic acids is 1. The molecule has 0 radical (unpaired) electrons. The highest BCUT2D eigenvalue weighted by Gasteiger charge is 2.29. The first-order valence-electron chi connectivity index (χ1n) is 8.72. The number of nitrogens with one attached hydrogen (secondary N) is 3. The molecule has 3 N–H and O–H groups in total. The number of nitrogens with zero attached hydrogens (tertiary/aromatic N) is 2. The van der Waals surface area contributed by atoms with Gasteiger partial charge in [0.05, 0.1) is 13.1 Å². The van der Waals surface area contributed by atoms with Crippen molar-refractivity contribution in [3.63, 3.8) is 0 Å². The quantitative estimate of drug-likeness (QED) is 0.761. The summed E-state index contributed by atoms with van der Waals surface area (Å²) in [5.74, 6) is 1.50. The molecule has 0 aromatic heterocycles. The lowest BCUT2D eigenvalue weighted by atomic mass is 10.1. The number of aryl methyl sites for hydroxylation is 1. The van der Waals surface area contributed by atoms with Crippen LogP contribution in [0.15, 0.2) is 40.7 Å². The third kappa shape index (κ3) is 3.32. The van der Waals surface area contributed by atoms with Gasteiger partial charge in [0.1, 0.15) is 5.82 Å². The van der Waals surface area contributed by atoms with Crippen LogP contribution < -0.4 is 20.9 Å². The third-order valence-corrected chi connectivity index (χ3v) is 4.82. The maximum absolute atomic E-state index is 12.6. The average Bonchev–Trinajstić information content (AvgIpc) is 2.63. The number of hydrogen-bond acceptors (Lipinski definition) is 5. The average molecular weight is 341 g/mol. The molecule has 3 aliphatic rings. The maximum atomic E-state index is 12.6. The standard InChI is InChI=1S/C18H23N5O2/c1-12-4-2-3-5-15(12)23-11-13-10-19-17(21-16(13)22-18(23)24)20-14-6-8-25-9-7-14/h2-5,14H,6-11H2,1H3,(H,22,24)(H2,19,20,21). The summed E-state index contributed by atoms with van der Waals surface area (Å²) in [7, 11) is 0. The van der Waals surface area contributed by atoms with Gasteiger partial charge in [-0.15, -0.1) is 0 Å². The number of rotatable bonds is 2. The molecule has 1 aromatic carbocycles. The van der Waals surface area contributed by atoms with E-state index in [-0.39, 0.29) is 6.03 Å². The van der Waals surface area contributed by atoms with Crippen molar-refractivity contribution in [3.05, 3.63) is 41.2 Å². The van der Waals surface area contributed by atoms with Crippen molar-refractivity contribution in [1.29, 1.82) is 0 Å². The lowest BCUT2D eigenvalue weighted by Gasteiger charge is -2.35. The lowest BCUT2D eigenvalue weighted by Crippen LogP contribution is -2.55. The molecule has 0 saturated carbocycles. The summed E-state index contributed by atoms with van der Waals surface area (Å²) in [5.41, 5.74) is 3.10. The van der Waals surface area contributed by atoms with E-state index in [1.165, 1.54) is 0 Å². The molecule has 0 aliphatic carbocycles. The second-order valence-corrected chi connectivity index (χ2v) is 6.60. The van der Waals surface area contributed by atoms with Crippen molar-refractivity contribution in [2.75, 3.05) is 31.2 Å². The number of aliphatic imine (C=N–C) groups is 1. The second kappa shape index (κ2) is 6.76. The van der Waals surface area contributed by atoms with Gasteiger partial charge in [-0.1, -0.05) is 18.2 Å². The minimum absolute atomic E-state index is 0.118. The lowest BCUT2D eigenvalue weighted by molar-refractivity contribution is 0.0822. The van der Waals surface area contributed by atoms with Crippen molar-refractivity contribution in [2.45, 2.75) is 25.8 Å². The largest absolute Gasteiger partial charge is 0.381 e. The summed E-state index contributed by atoms with van der Waals surface area (Å²) in [6, 6.07) is 8.16. The molecule has 7 nitrogen and oxygen atoms in total. The van der Waals surface area contributed by atoms with Crippen LogP contribution in [0.2, 0.25) is 0 Å². The van der Waals surface area contributed by atoms with Crippen LogP contribution in [0.4, 0.5) is 10.5 Å². The fourth-order valence-corrected chi connectivity index (χ4v) is 3.36. The Morgan fingerprint density at radius 1 is 1.24 bits per heavy atom. The summed E-state index contributed by atoms with van der Waals surface area (Å²) in [6.45, 7) is 4.70. The van der Waals surface area contributed by atoms with E-state index in [4.69, 9.17) is 4.74 Å². The first kappa shape index (κ1) is 16.0. The summed E-state index contributed by atoms with van der Waals surface area (Å²) in [5, 5.41) is 9.63. The minimum Gasteiger partial charge on any atom is -0.381 e. The highest BCUT2D eigenvalue weighted by molar-refractivity contribution is 5.97. The van der Waals surface area contributed by atoms with Crippen LogP contribution in [0.5, 0.6) is 0 Å². The molecule has 1 fully saturated rings. The molecule has 25 heavy (non-hydrogen) atoms. The van der Waals surface area contributed by atoms with Crippen LogP contribution in [0.3, 0.4) is 0 Å². The van der Waals surface area contributed by atoms with Crippen LogP contribution in [0, 0.1) is 6.92 Å². The molecule has 0 bridgehead atoms. The zero-order chi connectivity index (χ0) is 17.2. The topological polar surface area (TPSA) is 78.0 Å². The van der Waals surface area contributed by atoms with Gasteiger partial charge in [-0.25, -0.2) is 9.79 Å². The Bertz CT molecular complexity index is 737. The van der Waals surface area contributed by atoms with Gasteiger partial charge < -0.3 is 15.4 Å². The summed E-state index contributed by atoms with van der Waals surface area (Å²) in [4.78, 5) is 18.9. The van der Waals surface area contributed by atoms with Crippen molar-refractivity contribution in [1.82, 2.24) is 16.0 Å². The number of hydrogen-bond donors (Lipinski definition) is 3. The molecule has 2 amide bonds. The Hall–Kier alpha value is -2.54. The number of benzene rings is 1. The molecule has 0 unspecified atom stereocenters. The van der Waals surface area contributed by atoms with E-state index in [2.05, 4.69) is 20.9 Å². The second-order valence-electron chi connectivity index (χ2n) is 6.60. The first-order valence-corrected chi connectivity index (χ1v) is 8.72. The van der Waals surface area contributed by atoms with Crippen LogP contribution in [0.25, 0.3) is 0 Å². The molecule has 4 rings (SSSR count). The van der Waals surface area contributed by atoms with Gasteiger partial charge in [0, 0.05) is 30.5 Å². The Morgan fingerprint density at radius 3 is 2.84 bits per heavy atom. The molecule has 0 atom stereocenters. The minimum atomic E-state index is -0.118. The molecule has 132 valence electrons. The summed E-state index contributed by atoms with van der Waals surface area (Å²) >= 11 is 0. The fourth-order valence-electron chi connectivity index (χ4n) is 3.36. The van der Waals surface area contributed by atoms with Crippen LogP contribution in [-0.4, -0.2) is 44.3 Å². The number of amides is 2. The Morgan fingerprint density at radius 2 is 2.04 bits per heavy atom. The Kier molecular flexibility index (Phi) is 4.31. The van der Waals surface area contributed by atoms with Crippen LogP contribution >= 0.6 is 0 Å². The maximum Gasteiger partial charge on any atom is 0.327 e. The number of carbonyl (C=O) groups is 1. The van der Waals surface area contributed by atoms with E-state index >= 15 is 0 Å². The highest BCUT2D eigenvalue weighted by Crippen LogP contribution is 2.24. The number of guanidine groups is 1. The van der Waals surface area contributed by atoms with Gasteiger partial charge in [-0.05, 0) is 31.4 Å². The normalized spacial score (nSPS) is 21.2. The van der Waals surface area contributed by atoms with Gasteiger partial charge >= 0.3 is 6.03 Å². The van der Waals surface area contributed by atoms with Crippen molar-refractivity contribution in [3.8, 4) is 0 Å². The number of ether oxygens (including phenoxy) is 1. The van der Waals surface area contributed by atoms with E-state index in [1.807, 2.05) is 31.2 Å². The van der Waals surface area contributed by atoms with Gasteiger partial charge in [-0.2, -0.15) is 0 Å². The fraction of sp³-hybridized carbons (Fsp3) is 0.444. The van der Waals surface area contributed by atoms with Gasteiger partial charge in [0.15, 0.2) is 5.96 Å². The SMILES string of the molecule is Cc1ccccc1N1CC2=C(NC1=O)NC(NC1CCOCC1)=NC2. The number of para-hydroxylation sites is 1. The van der Waals surface area contributed by atoms with E-state index in [0.29, 0.717) is 19.1 Å². The number of anilines is 1. The molecular formula is C18H23N5O2. The third-order valence-electron chi connectivity index (χ3n) is 4.82. The van der Waals surface area contributed by atoms with E-state index in [1.54, 1.807) is 4.90 Å². The predicted octanol–water partition coefficient (Wildman–Crippen LogP) is 1.46. The summed E-state index contributed by atoms with van der Waals surface area (Å²) < 4.78 is 5.38. The zero-order valence-electron chi connectivity index (χ0n) is 14.3. The molecule has 7 heteroatoms. The van der Waals surface area contributed by atoms with Crippen molar-refractivity contribution in [2.24, 2.45) is 4.99 Å². The van der Waals surface area contributed by atoms with Gasteiger partial charge in [0.25, 0.3) is 0 Å². The van der Waals surface area contributed by atoms with Gasteiger partial charge in [-0.3, -0.25) is 10.2 Å². The zero-order valence-corrected chi connectivity index (χ0v) is 14.3. The Labute approximate surface area is 147 Å². The van der Waals surface area contributed by atoms with Crippen molar-refractivity contribution >= 4 is 17.7 Å². The molecule has 0 spiro atoms. The van der Waals surface area contributed by atoms with Crippen LogP contribution in [0.1, 0.15) is 18.4 Å². The molecule has 3 heterocycles. The molecular weight excluding hydrogens is 318 g/mol. The van der Waals surface area contributed by atoms with Crippen LogP contribution in [-0.2, 0) is 4.74 Å². The van der Waals surface area contributed by atoms with E-state index < -0.39 is 0 Å². The molecule has 1 saturated heterocycles. The predicted molar refractivity (Wildman–Crippen MR) is 96.5 cm³/mol. The van der Waals surface area contributed by atoms with E-state index in [9.17, 15) is 4.79 Å². The smallest absolute Gasteiger partial charge is 0.327 e. The first-order chi connectivity index (χ1) is 12.2. The number of urea groups is 1. The van der Waals surface area contributed by atoms with E-state index in [0.717, 1.165) is 54.7 Å². The van der Waals surface area contributed by atoms with Crippen molar-refractivity contribution < 1.29 is 9.53 Å².